The lowest BCUT2D eigenvalue weighted by molar-refractivity contribution is 0.195. The maximum Gasteiger partial charge on any atom is 0.0553 e. The van der Waals surface area contributed by atoms with Crippen LogP contribution in [0.15, 0.2) is 30.5 Å². The van der Waals surface area contributed by atoms with Crippen LogP contribution in [0.4, 0.5) is 0 Å². The Kier molecular flexibility index (Phi) is 3.13. The molecule has 1 fully saturated rings. The van der Waals surface area contributed by atoms with Gasteiger partial charge in [0.25, 0.3) is 0 Å². The molecule has 1 unspecified atom stereocenters. The topological polar surface area (TPSA) is 25.2 Å². The molecule has 1 heterocycles. The molecule has 0 saturated heterocycles. The average molecular weight is 243 g/mol. The lowest BCUT2D eigenvalue weighted by atomic mass is 10.1. The molecule has 0 spiro atoms. The van der Waals surface area contributed by atoms with Crippen LogP contribution >= 0.6 is 0 Å². The summed E-state index contributed by atoms with van der Waals surface area (Å²) in [5.74, 6) is 0. The first-order chi connectivity index (χ1) is 8.75. The Labute approximate surface area is 108 Å². The van der Waals surface area contributed by atoms with Crippen LogP contribution in [0.25, 0.3) is 10.9 Å². The molecule has 1 aliphatic rings. The number of benzene rings is 1. The van der Waals surface area contributed by atoms with Gasteiger partial charge in [-0.05, 0) is 36.8 Å². The number of fused-ring (bicyclic) bond motifs is 1. The first kappa shape index (κ1) is 11.8. The van der Waals surface area contributed by atoms with E-state index in [9.17, 15) is 5.11 Å². The Morgan fingerprint density at radius 1 is 1.28 bits per heavy atom. The Hall–Kier alpha value is -1.28. The summed E-state index contributed by atoms with van der Waals surface area (Å²) in [6, 6.07) is 9.29. The third kappa shape index (κ3) is 2.05. The second-order valence-electron chi connectivity index (χ2n) is 5.57. The average Bonchev–Trinajstić information content (AvgIpc) is 2.96. The quantitative estimate of drug-likeness (QED) is 0.874. The Morgan fingerprint density at radius 2 is 2.06 bits per heavy atom. The zero-order valence-electron chi connectivity index (χ0n) is 11.0. The molecule has 1 atom stereocenters. The van der Waals surface area contributed by atoms with Crippen molar-refractivity contribution < 1.29 is 5.11 Å². The highest BCUT2D eigenvalue weighted by Crippen LogP contribution is 2.34. The van der Waals surface area contributed by atoms with E-state index in [0.717, 1.165) is 6.42 Å². The molecule has 1 aliphatic carbocycles. The van der Waals surface area contributed by atoms with Crippen LogP contribution in [0.3, 0.4) is 0 Å². The van der Waals surface area contributed by atoms with Gasteiger partial charge in [0.2, 0.25) is 0 Å². The highest BCUT2D eigenvalue weighted by molar-refractivity contribution is 5.83. The highest BCUT2D eigenvalue weighted by Gasteiger charge is 2.19. The molecule has 3 rings (SSSR count). The number of hydrogen-bond donors (Lipinski definition) is 1. The number of aliphatic hydroxyl groups excluding tert-OH is 1. The minimum Gasteiger partial charge on any atom is -0.393 e. The number of aliphatic hydroxyl groups is 1. The van der Waals surface area contributed by atoms with Gasteiger partial charge >= 0.3 is 0 Å². The van der Waals surface area contributed by atoms with Crippen LogP contribution in [0.1, 0.15) is 44.2 Å². The number of para-hydroxylation sites is 1. The second-order valence-corrected chi connectivity index (χ2v) is 5.57. The molecule has 1 saturated carbocycles. The zero-order chi connectivity index (χ0) is 12.5. The third-order valence-electron chi connectivity index (χ3n) is 4.06. The molecular formula is C16H21NO. The molecule has 0 aliphatic heterocycles. The van der Waals surface area contributed by atoms with Crippen molar-refractivity contribution in [2.75, 3.05) is 0 Å². The Balaban J connectivity index is 2.08. The zero-order valence-corrected chi connectivity index (χ0v) is 11.0. The van der Waals surface area contributed by atoms with Crippen LogP contribution in [0.5, 0.6) is 0 Å². The second kappa shape index (κ2) is 4.77. The van der Waals surface area contributed by atoms with Crippen LogP contribution < -0.4 is 0 Å². The predicted molar refractivity (Wildman–Crippen MR) is 74.8 cm³/mol. The molecule has 96 valence electrons. The summed E-state index contributed by atoms with van der Waals surface area (Å²) in [7, 11) is 0. The van der Waals surface area contributed by atoms with Gasteiger partial charge in [0.15, 0.2) is 0 Å². The molecule has 2 nitrogen and oxygen atoms in total. The summed E-state index contributed by atoms with van der Waals surface area (Å²) in [5.41, 5.74) is 2.62. The third-order valence-corrected chi connectivity index (χ3v) is 4.06. The van der Waals surface area contributed by atoms with Crippen LogP contribution in [-0.4, -0.2) is 15.8 Å². The van der Waals surface area contributed by atoms with E-state index in [-0.39, 0.29) is 6.10 Å². The smallest absolute Gasteiger partial charge is 0.0553 e. The van der Waals surface area contributed by atoms with Gasteiger partial charge < -0.3 is 9.67 Å². The number of aromatic nitrogens is 1. The van der Waals surface area contributed by atoms with E-state index in [1.807, 2.05) is 6.92 Å². The minimum absolute atomic E-state index is 0.275. The van der Waals surface area contributed by atoms with Crippen LogP contribution in [-0.2, 0) is 6.42 Å². The van der Waals surface area contributed by atoms with Gasteiger partial charge in [0, 0.05) is 18.7 Å². The lowest BCUT2D eigenvalue weighted by Crippen LogP contribution is -2.08. The highest BCUT2D eigenvalue weighted by atomic mass is 16.3. The van der Waals surface area contributed by atoms with Gasteiger partial charge in [0.05, 0.1) is 11.6 Å². The molecule has 1 aromatic carbocycles. The van der Waals surface area contributed by atoms with E-state index in [4.69, 9.17) is 0 Å². The SMILES string of the molecule is CC(O)Cc1cccc2ccn(C3CCCC3)c12. The molecule has 0 radical (unpaired) electrons. The summed E-state index contributed by atoms with van der Waals surface area (Å²) in [5, 5.41) is 11.0. The molecule has 2 heteroatoms. The van der Waals surface area contributed by atoms with Crippen molar-refractivity contribution in [1.82, 2.24) is 4.57 Å². The monoisotopic (exact) mass is 243 g/mol. The molecule has 1 aromatic heterocycles. The van der Waals surface area contributed by atoms with Gasteiger partial charge in [0.1, 0.15) is 0 Å². The number of hydrogen-bond acceptors (Lipinski definition) is 1. The van der Waals surface area contributed by atoms with E-state index in [1.165, 1.54) is 42.1 Å². The first-order valence-corrected chi connectivity index (χ1v) is 7.02. The number of rotatable bonds is 3. The molecule has 0 bridgehead atoms. The fourth-order valence-electron chi connectivity index (χ4n) is 3.27. The Bertz CT molecular complexity index is 535. The fourth-order valence-corrected chi connectivity index (χ4v) is 3.27. The van der Waals surface area contributed by atoms with E-state index in [0.29, 0.717) is 6.04 Å². The van der Waals surface area contributed by atoms with Crippen LogP contribution in [0.2, 0.25) is 0 Å². The van der Waals surface area contributed by atoms with Crippen molar-refractivity contribution in [3.05, 3.63) is 36.0 Å². The first-order valence-electron chi connectivity index (χ1n) is 7.02. The van der Waals surface area contributed by atoms with E-state index >= 15 is 0 Å². The summed E-state index contributed by atoms with van der Waals surface area (Å²) >= 11 is 0. The van der Waals surface area contributed by atoms with Gasteiger partial charge in [-0.3, -0.25) is 0 Å². The van der Waals surface area contributed by atoms with Crippen molar-refractivity contribution in [1.29, 1.82) is 0 Å². The molecule has 0 amide bonds. The Morgan fingerprint density at radius 3 is 2.78 bits per heavy atom. The standard InChI is InChI=1S/C16H21NO/c1-12(18)11-14-6-4-5-13-9-10-17(16(13)14)15-7-2-3-8-15/h4-6,9-10,12,15,18H,2-3,7-8,11H2,1H3. The fraction of sp³-hybridized carbons (Fsp3) is 0.500. The maximum atomic E-state index is 9.65. The largest absolute Gasteiger partial charge is 0.393 e. The van der Waals surface area contributed by atoms with Crippen molar-refractivity contribution in [3.63, 3.8) is 0 Å². The van der Waals surface area contributed by atoms with E-state index < -0.39 is 0 Å². The molecule has 1 N–H and O–H groups in total. The van der Waals surface area contributed by atoms with Crippen LogP contribution in [0, 0.1) is 0 Å². The summed E-state index contributed by atoms with van der Waals surface area (Å²) in [6.07, 6.45) is 7.99. The summed E-state index contributed by atoms with van der Waals surface area (Å²) in [4.78, 5) is 0. The normalized spacial score (nSPS) is 18.6. The van der Waals surface area contributed by atoms with Crippen molar-refractivity contribution in [2.24, 2.45) is 0 Å². The summed E-state index contributed by atoms with van der Waals surface area (Å²) in [6.45, 7) is 1.86. The van der Waals surface area contributed by atoms with Crippen molar-refractivity contribution in [2.45, 2.75) is 51.2 Å². The number of nitrogens with zero attached hydrogens (tertiary/aromatic N) is 1. The predicted octanol–water partition coefficient (Wildman–Crippen LogP) is 3.68. The van der Waals surface area contributed by atoms with Crippen molar-refractivity contribution >= 4 is 10.9 Å². The summed E-state index contributed by atoms with van der Waals surface area (Å²) < 4.78 is 2.44. The van der Waals surface area contributed by atoms with E-state index in [1.54, 1.807) is 0 Å². The van der Waals surface area contributed by atoms with E-state index in [2.05, 4.69) is 35.0 Å². The van der Waals surface area contributed by atoms with Gasteiger partial charge in [-0.25, -0.2) is 0 Å². The lowest BCUT2D eigenvalue weighted by Gasteiger charge is -2.16. The maximum absolute atomic E-state index is 9.65. The molecule has 2 aromatic rings. The minimum atomic E-state index is -0.275. The van der Waals surface area contributed by atoms with Gasteiger partial charge in [-0.2, -0.15) is 0 Å². The van der Waals surface area contributed by atoms with Gasteiger partial charge in [-0.15, -0.1) is 0 Å². The molecular weight excluding hydrogens is 222 g/mol. The van der Waals surface area contributed by atoms with Gasteiger partial charge in [-0.1, -0.05) is 31.0 Å². The molecule has 18 heavy (non-hydrogen) atoms. The van der Waals surface area contributed by atoms with Crippen molar-refractivity contribution in [3.8, 4) is 0 Å².